The van der Waals surface area contributed by atoms with Gasteiger partial charge in [-0.3, -0.25) is 9.59 Å². The molecule has 3 aliphatic rings. The van der Waals surface area contributed by atoms with Crippen molar-refractivity contribution < 1.29 is 9.59 Å². The highest BCUT2D eigenvalue weighted by molar-refractivity contribution is 8.01. The van der Waals surface area contributed by atoms with E-state index >= 15 is 0 Å². The normalized spacial score (nSPS) is 41.1. The number of benzene rings is 1. The van der Waals surface area contributed by atoms with E-state index in [0.717, 1.165) is 12.8 Å². The summed E-state index contributed by atoms with van der Waals surface area (Å²) >= 11 is 1.76. The third kappa shape index (κ3) is 2.70. The molecule has 1 aromatic carbocycles. The lowest BCUT2D eigenvalue weighted by Gasteiger charge is -2.60. The number of ketones is 2. The second-order valence-electron chi connectivity index (χ2n) is 8.71. The fourth-order valence-electron chi connectivity index (χ4n) is 5.84. The Morgan fingerprint density at radius 1 is 1.08 bits per heavy atom. The molecule has 0 heterocycles. The summed E-state index contributed by atoms with van der Waals surface area (Å²) in [5.41, 5.74) is 0.143. The van der Waals surface area contributed by atoms with E-state index in [1.54, 1.807) is 11.8 Å². The minimum atomic E-state index is -0.405. The monoisotopic (exact) mass is 356 g/mol. The molecule has 4 rings (SSSR count). The van der Waals surface area contributed by atoms with E-state index in [1.165, 1.54) is 24.2 Å². The fraction of sp³-hybridized carbons (Fsp3) is 0.636. The van der Waals surface area contributed by atoms with Gasteiger partial charge in [-0.15, -0.1) is 11.8 Å². The van der Waals surface area contributed by atoms with Crippen molar-refractivity contribution in [2.24, 2.45) is 23.2 Å². The van der Waals surface area contributed by atoms with E-state index in [9.17, 15) is 9.59 Å². The number of carbonyl (C=O) groups is 2. The Bertz CT molecular complexity index is 685. The van der Waals surface area contributed by atoms with Crippen molar-refractivity contribution in [2.45, 2.75) is 68.4 Å². The molecule has 3 heteroatoms. The smallest absolute Gasteiger partial charge is 0.149 e. The Morgan fingerprint density at radius 3 is 2.60 bits per heavy atom. The highest BCUT2D eigenvalue weighted by Gasteiger charge is 2.63. The molecule has 3 aliphatic carbocycles. The molecule has 0 aromatic heterocycles. The van der Waals surface area contributed by atoms with Crippen molar-refractivity contribution in [2.75, 3.05) is 0 Å². The maximum atomic E-state index is 13.5. The third-order valence-electron chi connectivity index (χ3n) is 7.32. The maximum absolute atomic E-state index is 13.5. The van der Waals surface area contributed by atoms with Crippen LogP contribution in [0.1, 0.15) is 58.8 Å². The van der Waals surface area contributed by atoms with Gasteiger partial charge in [0.25, 0.3) is 0 Å². The molecule has 0 radical (unpaired) electrons. The first-order valence-corrected chi connectivity index (χ1v) is 10.6. The Kier molecular flexibility index (Phi) is 4.34. The lowest BCUT2D eigenvalue weighted by Crippen LogP contribution is -2.62. The van der Waals surface area contributed by atoms with E-state index in [1.807, 2.05) is 25.1 Å². The zero-order chi connectivity index (χ0) is 17.7. The lowest BCUT2D eigenvalue weighted by atomic mass is 9.48. The van der Waals surface area contributed by atoms with Crippen LogP contribution >= 0.6 is 11.8 Å². The molecule has 2 nitrogen and oxygen atoms in total. The molecular weight excluding hydrogens is 328 g/mol. The topological polar surface area (TPSA) is 34.1 Å². The van der Waals surface area contributed by atoms with Gasteiger partial charge in [0, 0.05) is 23.7 Å². The first kappa shape index (κ1) is 17.3. The Labute approximate surface area is 155 Å². The standard InChI is InChI=1S/C22H28O2S/c1-15-14-22(25-17-9-4-3-5-10-17)19(13-18(15)23)21(2)11-7-6-8-16(21)12-20(22)24/h3-5,9-10,15-16,19H,6-8,11-14H2,1-2H3. The zero-order valence-electron chi connectivity index (χ0n) is 15.3. The Balaban J connectivity index is 1.79. The predicted octanol–water partition coefficient (Wildman–Crippen LogP) is 5.30. The van der Waals surface area contributed by atoms with Gasteiger partial charge in [-0.05, 0) is 48.6 Å². The molecule has 3 fully saturated rings. The zero-order valence-corrected chi connectivity index (χ0v) is 16.1. The summed E-state index contributed by atoms with van der Waals surface area (Å²) in [6, 6.07) is 10.3. The van der Waals surface area contributed by atoms with E-state index in [-0.39, 0.29) is 17.3 Å². The van der Waals surface area contributed by atoms with Crippen LogP contribution < -0.4 is 0 Å². The summed E-state index contributed by atoms with van der Waals surface area (Å²) in [5, 5.41) is 0. The third-order valence-corrected chi connectivity index (χ3v) is 8.87. The van der Waals surface area contributed by atoms with Crippen LogP contribution in [0.25, 0.3) is 0 Å². The van der Waals surface area contributed by atoms with Gasteiger partial charge >= 0.3 is 0 Å². The first-order chi connectivity index (χ1) is 12.0. The van der Waals surface area contributed by atoms with Crippen molar-refractivity contribution >= 4 is 23.3 Å². The summed E-state index contributed by atoms with van der Waals surface area (Å²) in [4.78, 5) is 27.3. The van der Waals surface area contributed by atoms with Crippen LogP contribution in [0.3, 0.4) is 0 Å². The summed E-state index contributed by atoms with van der Waals surface area (Å²) in [6.07, 6.45) is 6.85. The van der Waals surface area contributed by atoms with Crippen LogP contribution in [0.5, 0.6) is 0 Å². The Hall–Kier alpha value is -1.09. The summed E-state index contributed by atoms with van der Waals surface area (Å²) in [5.74, 6) is 1.45. The molecule has 0 saturated heterocycles. The summed E-state index contributed by atoms with van der Waals surface area (Å²) in [6.45, 7) is 4.41. The average molecular weight is 357 g/mol. The number of rotatable bonds is 2. The van der Waals surface area contributed by atoms with E-state index in [0.29, 0.717) is 30.3 Å². The van der Waals surface area contributed by atoms with Crippen molar-refractivity contribution in [3.05, 3.63) is 30.3 Å². The van der Waals surface area contributed by atoms with Gasteiger partial charge < -0.3 is 0 Å². The van der Waals surface area contributed by atoms with Crippen LogP contribution in [0.2, 0.25) is 0 Å². The van der Waals surface area contributed by atoms with Crippen molar-refractivity contribution in [3.63, 3.8) is 0 Å². The number of fused-ring (bicyclic) bond motifs is 3. The van der Waals surface area contributed by atoms with Crippen LogP contribution in [0.15, 0.2) is 35.2 Å². The summed E-state index contributed by atoms with van der Waals surface area (Å²) in [7, 11) is 0. The number of hydrogen-bond acceptors (Lipinski definition) is 3. The quantitative estimate of drug-likeness (QED) is 0.721. The predicted molar refractivity (Wildman–Crippen MR) is 102 cm³/mol. The van der Waals surface area contributed by atoms with E-state index < -0.39 is 4.75 Å². The minimum absolute atomic E-state index is 0.000141. The largest absolute Gasteiger partial charge is 0.299 e. The Morgan fingerprint density at radius 2 is 1.84 bits per heavy atom. The summed E-state index contributed by atoms with van der Waals surface area (Å²) < 4.78 is -0.405. The highest BCUT2D eigenvalue weighted by Crippen LogP contribution is 2.64. The number of carbonyl (C=O) groups excluding carboxylic acids is 2. The van der Waals surface area contributed by atoms with Gasteiger partial charge in [0.05, 0.1) is 4.75 Å². The molecular formula is C22H28O2S. The maximum Gasteiger partial charge on any atom is 0.149 e. The molecule has 0 bridgehead atoms. The van der Waals surface area contributed by atoms with Gasteiger partial charge in [0.15, 0.2) is 0 Å². The number of Topliss-reactive ketones (excluding diaryl/α,β-unsaturated/α-hetero) is 2. The molecule has 0 amide bonds. The minimum Gasteiger partial charge on any atom is -0.299 e. The second-order valence-corrected chi connectivity index (χ2v) is 10.1. The molecule has 1 aromatic rings. The van der Waals surface area contributed by atoms with Crippen molar-refractivity contribution in [3.8, 4) is 0 Å². The number of hydrogen-bond donors (Lipinski definition) is 0. The number of thioether (sulfide) groups is 1. The van der Waals surface area contributed by atoms with E-state index in [2.05, 4.69) is 19.1 Å². The SMILES string of the molecule is CC1CC2(Sc3ccccc3)C(=O)CC3CCCCC3(C)C2CC1=O. The molecule has 25 heavy (non-hydrogen) atoms. The molecule has 134 valence electrons. The van der Waals surface area contributed by atoms with Crippen LogP contribution in [-0.2, 0) is 9.59 Å². The fourth-order valence-corrected chi connectivity index (χ4v) is 7.58. The van der Waals surface area contributed by atoms with Crippen LogP contribution in [0.4, 0.5) is 0 Å². The van der Waals surface area contributed by atoms with Gasteiger partial charge in [-0.1, -0.05) is 44.9 Å². The van der Waals surface area contributed by atoms with Gasteiger partial charge in [-0.25, -0.2) is 0 Å². The average Bonchev–Trinajstić information content (AvgIpc) is 2.60. The highest BCUT2D eigenvalue weighted by atomic mass is 32.2. The van der Waals surface area contributed by atoms with Crippen molar-refractivity contribution in [1.29, 1.82) is 0 Å². The molecule has 5 atom stereocenters. The molecule has 0 N–H and O–H groups in total. The first-order valence-electron chi connectivity index (χ1n) is 9.76. The van der Waals surface area contributed by atoms with Crippen molar-refractivity contribution in [1.82, 2.24) is 0 Å². The molecule has 5 unspecified atom stereocenters. The van der Waals surface area contributed by atoms with Gasteiger partial charge in [0.1, 0.15) is 11.6 Å². The lowest BCUT2D eigenvalue weighted by molar-refractivity contribution is -0.145. The molecule has 0 aliphatic heterocycles. The molecule has 0 spiro atoms. The van der Waals surface area contributed by atoms with Crippen LogP contribution in [-0.4, -0.2) is 16.3 Å². The van der Waals surface area contributed by atoms with E-state index in [4.69, 9.17) is 0 Å². The van der Waals surface area contributed by atoms with Gasteiger partial charge in [0.2, 0.25) is 0 Å². The molecule has 3 saturated carbocycles. The second kappa shape index (κ2) is 6.26. The van der Waals surface area contributed by atoms with Crippen LogP contribution in [0, 0.1) is 23.2 Å². The van der Waals surface area contributed by atoms with Gasteiger partial charge in [-0.2, -0.15) is 0 Å².